The van der Waals surface area contributed by atoms with Crippen molar-refractivity contribution in [2.45, 2.75) is 27.2 Å². The number of ether oxygens (including phenoxy) is 2. The molecule has 0 aliphatic heterocycles. The number of hydrogen-bond acceptors (Lipinski definition) is 5. The second kappa shape index (κ2) is 10.2. The average Bonchev–Trinajstić information content (AvgIpc) is 2.69. The van der Waals surface area contributed by atoms with Crippen LogP contribution in [0.25, 0.3) is 0 Å². The van der Waals surface area contributed by atoms with Crippen LogP contribution < -0.4 is 9.47 Å². The Kier molecular flexibility index (Phi) is 8.02. The summed E-state index contributed by atoms with van der Waals surface area (Å²) in [4.78, 5) is 10.5. The molecule has 150 valence electrons. The van der Waals surface area contributed by atoms with Gasteiger partial charge in [0.25, 0.3) is 0 Å². The van der Waals surface area contributed by atoms with Crippen molar-refractivity contribution in [3.8, 4) is 11.5 Å². The van der Waals surface area contributed by atoms with E-state index in [4.69, 9.17) is 14.9 Å². The third kappa shape index (κ3) is 6.07. The summed E-state index contributed by atoms with van der Waals surface area (Å²) in [5.41, 5.74) is 4.06. The molecule has 0 aliphatic rings. The first kappa shape index (κ1) is 21.9. The molecule has 0 bridgehead atoms. The maximum atomic E-state index is 8.14. The highest BCUT2D eigenvalue weighted by Crippen LogP contribution is 2.24. The number of rotatable bonds is 7. The number of aromatic nitrogens is 1. The van der Waals surface area contributed by atoms with Crippen molar-refractivity contribution in [2.75, 3.05) is 27.2 Å². The molecule has 28 heavy (non-hydrogen) atoms. The number of amidine groups is 1. The Hall–Kier alpha value is -2.38. The predicted molar refractivity (Wildman–Crippen MR) is 119 cm³/mol. The van der Waals surface area contributed by atoms with Crippen LogP contribution in [0.2, 0.25) is 0 Å². The van der Waals surface area contributed by atoms with Crippen LogP contribution in [0.5, 0.6) is 11.5 Å². The first-order valence-corrected chi connectivity index (χ1v) is 9.68. The van der Waals surface area contributed by atoms with Gasteiger partial charge in [0.1, 0.15) is 11.5 Å². The molecular formula is C21H29N4O2S+. The Labute approximate surface area is 172 Å². The number of nitrogens with one attached hydrogen (secondary N) is 1. The lowest BCUT2D eigenvalue weighted by molar-refractivity contribution is 0.357. The monoisotopic (exact) mass is 401 g/mol. The summed E-state index contributed by atoms with van der Waals surface area (Å²) in [7, 11) is 3.68. The highest BCUT2D eigenvalue weighted by molar-refractivity contribution is 7.77. The number of likely N-dealkylation sites (N-methyl/N-ethyl adjacent to an activating group) is 1. The average molecular weight is 402 g/mol. The van der Waals surface area contributed by atoms with Gasteiger partial charge < -0.3 is 14.4 Å². The first-order chi connectivity index (χ1) is 13.3. The molecule has 0 saturated heterocycles. The molecule has 0 unspecified atom stereocenters. The lowest BCUT2D eigenvalue weighted by atomic mass is 10.0. The number of aliphatic imine (C=N–C) groups is 1. The van der Waals surface area contributed by atoms with Crippen LogP contribution in [0.1, 0.15) is 29.2 Å². The van der Waals surface area contributed by atoms with Crippen LogP contribution in [-0.4, -0.2) is 48.2 Å². The summed E-state index contributed by atoms with van der Waals surface area (Å²) in [6.45, 7) is 8.32. The Morgan fingerprint density at radius 2 is 1.96 bits per heavy atom. The number of nitrogens with zero attached hydrogens (tertiary/aromatic N) is 3. The zero-order valence-corrected chi connectivity index (χ0v) is 18.2. The van der Waals surface area contributed by atoms with Gasteiger partial charge >= 0.3 is 5.23 Å². The molecule has 0 amide bonds. The lowest BCUT2D eigenvalue weighted by Crippen LogP contribution is -2.20. The van der Waals surface area contributed by atoms with E-state index in [0.717, 1.165) is 30.8 Å². The summed E-state index contributed by atoms with van der Waals surface area (Å²) in [6, 6.07) is 5.88. The van der Waals surface area contributed by atoms with Crippen molar-refractivity contribution >= 4 is 23.7 Å². The van der Waals surface area contributed by atoms with Gasteiger partial charge in [0.15, 0.2) is 5.84 Å². The topological polar surface area (TPSA) is 70.8 Å². The number of hydrogen-bond donors (Lipinski definition) is 1. The van der Waals surface area contributed by atoms with E-state index in [1.165, 1.54) is 11.1 Å². The SMILES string of the molecule is CCN(C)CCc1cc(C)c(OC([SH2+])=NC(=N)c2cncc(OC)c2)cc1C. The van der Waals surface area contributed by atoms with E-state index in [0.29, 0.717) is 11.3 Å². The maximum Gasteiger partial charge on any atom is 0.414 e. The first-order valence-electron chi connectivity index (χ1n) is 9.18. The zero-order chi connectivity index (χ0) is 20.7. The summed E-state index contributed by atoms with van der Waals surface area (Å²) >= 11 is 3.37. The van der Waals surface area contributed by atoms with Gasteiger partial charge in [-0.2, -0.15) is 0 Å². The lowest BCUT2D eigenvalue weighted by Gasteiger charge is -2.16. The second-order valence-electron chi connectivity index (χ2n) is 6.67. The van der Waals surface area contributed by atoms with E-state index in [1.807, 2.05) is 13.0 Å². The Bertz CT molecular complexity index is 867. The Balaban J connectivity index is 2.12. The fourth-order valence-electron chi connectivity index (χ4n) is 2.65. The molecule has 1 N–H and O–H groups in total. The van der Waals surface area contributed by atoms with Crippen LogP contribution in [0.3, 0.4) is 0 Å². The van der Waals surface area contributed by atoms with Crippen molar-refractivity contribution in [1.29, 1.82) is 5.41 Å². The van der Waals surface area contributed by atoms with Crippen molar-refractivity contribution in [2.24, 2.45) is 4.99 Å². The maximum absolute atomic E-state index is 8.14. The minimum atomic E-state index is 0.0324. The van der Waals surface area contributed by atoms with Gasteiger partial charge in [0, 0.05) is 18.3 Å². The number of methoxy groups -OCH3 is 1. The van der Waals surface area contributed by atoms with Gasteiger partial charge in [0.05, 0.1) is 25.9 Å². The Morgan fingerprint density at radius 3 is 2.64 bits per heavy atom. The molecule has 0 aliphatic carbocycles. The second-order valence-corrected chi connectivity index (χ2v) is 7.10. The number of benzene rings is 1. The zero-order valence-electron chi connectivity index (χ0n) is 17.2. The van der Waals surface area contributed by atoms with Crippen molar-refractivity contribution in [1.82, 2.24) is 9.88 Å². The van der Waals surface area contributed by atoms with Gasteiger partial charge in [-0.3, -0.25) is 10.4 Å². The van der Waals surface area contributed by atoms with Crippen molar-refractivity contribution in [3.63, 3.8) is 0 Å². The Morgan fingerprint density at radius 1 is 1.21 bits per heavy atom. The summed E-state index contributed by atoms with van der Waals surface area (Å²) in [5.74, 6) is 1.32. The smallest absolute Gasteiger partial charge is 0.414 e. The molecule has 0 spiro atoms. The molecular weight excluding hydrogens is 372 g/mol. The van der Waals surface area contributed by atoms with Gasteiger partial charge in [-0.25, -0.2) is 0 Å². The summed E-state index contributed by atoms with van der Waals surface area (Å²) < 4.78 is 11.0. The molecule has 7 heteroatoms. The standard InChI is InChI=1S/C21H28N4O2S/c1-6-25(4)8-7-16-9-15(3)19(10-14(16)2)27-21(28)24-20(22)17-11-18(26-5)13-23-12-17/h9-13H,6-8H2,1-5H3,(H2,22,24,28)/p+1. The van der Waals surface area contributed by atoms with Crippen LogP contribution >= 0.6 is 0 Å². The van der Waals surface area contributed by atoms with Gasteiger partial charge in [-0.05, 0) is 62.7 Å². The van der Waals surface area contributed by atoms with E-state index in [-0.39, 0.29) is 11.1 Å². The molecule has 6 nitrogen and oxygen atoms in total. The van der Waals surface area contributed by atoms with Crippen LogP contribution in [0.4, 0.5) is 0 Å². The summed E-state index contributed by atoms with van der Waals surface area (Å²) in [5, 5.41) is 8.36. The van der Waals surface area contributed by atoms with Crippen molar-refractivity contribution in [3.05, 3.63) is 52.8 Å². The van der Waals surface area contributed by atoms with E-state index >= 15 is 0 Å². The third-order valence-electron chi connectivity index (χ3n) is 4.58. The van der Waals surface area contributed by atoms with E-state index < -0.39 is 0 Å². The van der Waals surface area contributed by atoms with Crippen LogP contribution in [0.15, 0.2) is 35.6 Å². The molecule has 2 rings (SSSR count). The molecule has 1 heterocycles. The van der Waals surface area contributed by atoms with Gasteiger partial charge in [-0.15, -0.1) is 4.99 Å². The van der Waals surface area contributed by atoms with E-state index in [9.17, 15) is 0 Å². The minimum absolute atomic E-state index is 0.0324. The molecule has 2 aromatic rings. The normalized spacial score (nSPS) is 11.6. The van der Waals surface area contributed by atoms with Crippen molar-refractivity contribution < 1.29 is 9.47 Å². The molecule has 0 radical (unpaired) electrons. The van der Waals surface area contributed by atoms with Gasteiger partial charge in [0.2, 0.25) is 0 Å². The van der Waals surface area contributed by atoms with Gasteiger partial charge in [-0.1, -0.05) is 13.0 Å². The number of aryl methyl sites for hydroxylation is 2. The number of pyridine rings is 1. The van der Waals surface area contributed by atoms with Crippen LogP contribution in [-0.2, 0) is 19.0 Å². The molecule has 0 atom stereocenters. The quantitative estimate of drug-likeness (QED) is 0.440. The van der Waals surface area contributed by atoms with Crippen LogP contribution in [0, 0.1) is 19.3 Å². The van der Waals surface area contributed by atoms with E-state index in [2.05, 4.69) is 54.5 Å². The molecule has 1 aromatic heterocycles. The summed E-state index contributed by atoms with van der Waals surface area (Å²) in [6.07, 6.45) is 4.14. The fourth-order valence-corrected chi connectivity index (χ4v) is 2.87. The fraction of sp³-hybridized carbons (Fsp3) is 0.381. The molecule has 1 aromatic carbocycles. The predicted octanol–water partition coefficient (Wildman–Crippen LogP) is 2.97. The molecule has 0 fully saturated rings. The third-order valence-corrected chi connectivity index (χ3v) is 4.79. The minimum Gasteiger partial charge on any atom is -0.495 e. The highest BCUT2D eigenvalue weighted by atomic mass is 32.1. The molecule has 0 saturated carbocycles. The largest absolute Gasteiger partial charge is 0.495 e. The highest BCUT2D eigenvalue weighted by Gasteiger charge is 2.12. The van der Waals surface area contributed by atoms with E-state index in [1.54, 1.807) is 25.6 Å².